The van der Waals surface area contributed by atoms with Crippen LogP contribution in [-0.2, 0) is 12.8 Å². The van der Waals surface area contributed by atoms with Gasteiger partial charge in [-0.1, -0.05) is 30.3 Å². The van der Waals surface area contributed by atoms with Gasteiger partial charge in [-0.2, -0.15) is 0 Å². The molecule has 0 aliphatic carbocycles. The summed E-state index contributed by atoms with van der Waals surface area (Å²) < 4.78 is 0. The molecule has 112 valence electrons. The fourth-order valence-corrected chi connectivity index (χ4v) is 2.64. The first-order valence-electron chi connectivity index (χ1n) is 7.13. The lowest BCUT2D eigenvalue weighted by atomic mass is 10.1. The van der Waals surface area contributed by atoms with Gasteiger partial charge in [0.2, 0.25) is 0 Å². The van der Waals surface area contributed by atoms with Gasteiger partial charge < -0.3 is 10.6 Å². The number of nitrogens with one attached hydrogen (secondary N) is 2. The van der Waals surface area contributed by atoms with Gasteiger partial charge in [0.15, 0.2) is 0 Å². The summed E-state index contributed by atoms with van der Waals surface area (Å²) in [6, 6.07) is 10.6. The van der Waals surface area contributed by atoms with E-state index in [1.807, 2.05) is 37.6 Å². The van der Waals surface area contributed by atoms with Crippen molar-refractivity contribution in [3.05, 3.63) is 52.0 Å². The van der Waals surface area contributed by atoms with Crippen molar-refractivity contribution in [1.29, 1.82) is 0 Å². The molecule has 0 spiro atoms. The standard InChI is InChI=1S/C16H21N3OS/c1-12(17-2)10-18-16(20)14-11-21-15(19-14)9-8-13-6-4-3-5-7-13/h3-7,11-12,17H,8-10H2,1-2H3,(H,18,20). The predicted molar refractivity (Wildman–Crippen MR) is 86.8 cm³/mol. The number of likely N-dealkylation sites (N-methyl/N-ethyl adjacent to an activating group) is 1. The molecule has 2 N–H and O–H groups in total. The molecular formula is C16H21N3OS. The van der Waals surface area contributed by atoms with Crippen LogP contribution in [0.3, 0.4) is 0 Å². The SMILES string of the molecule is CNC(C)CNC(=O)c1csc(CCc2ccccc2)n1. The van der Waals surface area contributed by atoms with Crippen LogP contribution in [0.15, 0.2) is 35.7 Å². The number of nitrogens with zero attached hydrogens (tertiary/aromatic N) is 1. The van der Waals surface area contributed by atoms with Gasteiger partial charge in [0.1, 0.15) is 5.69 Å². The van der Waals surface area contributed by atoms with E-state index in [9.17, 15) is 4.79 Å². The highest BCUT2D eigenvalue weighted by Crippen LogP contribution is 2.13. The van der Waals surface area contributed by atoms with Crippen molar-refractivity contribution in [2.75, 3.05) is 13.6 Å². The number of aromatic nitrogens is 1. The van der Waals surface area contributed by atoms with Gasteiger partial charge in [0.25, 0.3) is 5.91 Å². The minimum absolute atomic E-state index is 0.0979. The molecule has 0 saturated heterocycles. The quantitative estimate of drug-likeness (QED) is 0.825. The highest BCUT2D eigenvalue weighted by atomic mass is 32.1. The molecule has 4 nitrogen and oxygen atoms in total. The van der Waals surface area contributed by atoms with Crippen LogP contribution in [0, 0.1) is 0 Å². The smallest absolute Gasteiger partial charge is 0.270 e. The van der Waals surface area contributed by atoms with Crippen molar-refractivity contribution >= 4 is 17.2 Å². The second-order valence-electron chi connectivity index (χ2n) is 5.01. The van der Waals surface area contributed by atoms with E-state index in [-0.39, 0.29) is 11.9 Å². The van der Waals surface area contributed by atoms with E-state index in [1.165, 1.54) is 5.56 Å². The Bertz CT molecular complexity index is 568. The molecule has 0 fully saturated rings. The molecule has 1 atom stereocenters. The Balaban J connectivity index is 1.85. The van der Waals surface area contributed by atoms with E-state index in [0.717, 1.165) is 17.8 Å². The minimum Gasteiger partial charge on any atom is -0.349 e. The van der Waals surface area contributed by atoms with E-state index in [2.05, 4.69) is 27.8 Å². The zero-order valence-corrected chi connectivity index (χ0v) is 13.2. The number of rotatable bonds is 7. The Morgan fingerprint density at radius 2 is 2.05 bits per heavy atom. The van der Waals surface area contributed by atoms with Gasteiger partial charge >= 0.3 is 0 Å². The molecule has 1 aromatic heterocycles. The maximum Gasteiger partial charge on any atom is 0.270 e. The van der Waals surface area contributed by atoms with Crippen molar-refractivity contribution in [3.8, 4) is 0 Å². The van der Waals surface area contributed by atoms with Gasteiger partial charge in [-0.05, 0) is 26.0 Å². The Hall–Kier alpha value is -1.72. The van der Waals surface area contributed by atoms with Gasteiger partial charge in [-0.15, -0.1) is 11.3 Å². The van der Waals surface area contributed by atoms with E-state index < -0.39 is 0 Å². The van der Waals surface area contributed by atoms with Crippen LogP contribution in [0.2, 0.25) is 0 Å². The average Bonchev–Trinajstić information content (AvgIpc) is 3.00. The van der Waals surface area contributed by atoms with Crippen LogP contribution >= 0.6 is 11.3 Å². The normalized spacial score (nSPS) is 12.1. The minimum atomic E-state index is -0.0979. The van der Waals surface area contributed by atoms with Crippen molar-refractivity contribution in [2.45, 2.75) is 25.8 Å². The molecule has 1 aromatic carbocycles. The third-order valence-corrected chi connectivity index (χ3v) is 4.22. The van der Waals surface area contributed by atoms with E-state index >= 15 is 0 Å². The number of carbonyl (C=O) groups excluding carboxylic acids is 1. The molecule has 2 rings (SSSR count). The molecule has 0 aliphatic heterocycles. The van der Waals surface area contributed by atoms with Crippen LogP contribution in [0.5, 0.6) is 0 Å². The summed E-state index contributed by atoms with van der Waals surface area (Å²) in [5.74, 6) is -0.0979. The van der Waals surface area contributed by atoms with Gasteiger partial charge in [0.05, 0.1) is 5.01 Å². The van der Waals surface area contributed by atoms with Crippen molar-refractivity contribution in [2.24, 2.45) is 0 Å². The Morgan fingerprint density at radius 3 is 2.76 bits per heavy atom. The molecule has 1 unspecified atom stereocenters. The summed E-state index contributed by atoms with van der Waals surface area (Å²) in [4.78, 5) is 16.4. The average molecular weight is 303 g/mol. The van der Waals surface area contributed by atoms with Crippen LogP contribution in [0.25, 0.3) is 0 Å². The zero-order chi connectivity index (χ0) is 15.1. The predicted octanol–water partition coefficient (Wildman–Crippen LogP) is 2.27. The summed E-state index contributed by atoms with van der Waals surface area (Å²) in [6.07, 6.45) is 1.82. The topological polar surface area (TPSA) is 54.0 Å². The molecule has 21 heavy (non-hydrogen) atoms. The van der Waals surface area contributed by atoms with Gasteiger partial charge in [-0.25, -0.2) is 4.98 Å². The molecule has 2 aromatic rings. The highest BCUT2D eigenvalue weighted by molar-refractivity contribution is 7.09. The summed E-state index contributed by atoms with van der Waals surface area (Å²) in [7, 11) is 1.88. The van der Waals surface area contributed by atoms with Crippen LogP contribution in [-0.4, -0.2) is 30.5 Å². The molecule has 0 aliphatic rings. The lowest BCUT2D eigenvalue weighted by Gasteiger charge is -2.10. The van der Waals surface area contributed by atoms with Crippen molar-refractivity contribution < 1.29 is 4.79 Å². The Kier molecular flexibility index (Phi) is 5.90. The lowest BCUT2D eigenvalue weighted by molar-refractivity contribution is 0.0946. The van der Waals surface area contributed by atoms with E-state index in [1.54, 1.807) is 11.3 Å². The Morgan fingerprint density at radius 1 is 1.29 bits per heavy atom. The van der Waals surface area contributed by atoms with Gasteiger partial charge in [-0.3, -0.25) is 4.79 Å². The second-order valence-corrected chi connectivity index (χ2v) is 5.95. The zero-order valence-electron chi connectivity index (χ0n) is 12.4. The second kappa shape index (κ2) is 7.90. The lowest BCUT2D eigenvalue weighted by Crippen LogP contribution is -2.37. The largest absolute Gasteiger partial charge is 0.349 e. The number of carbonyl (C=O) groups is 1. The molecule has 5 heteroatoms. The van der Waals surface area contributed by atoms with Gasteiger partial charge in [0, 0.05) is 24.4 Å². The van der Waals surface area contributed by atoms with Crippen LogP contribution in [0.4, 0.5) is 0 Å². The monoisotopic (exact) mass is 303 g/mol. The maximum atomic E-state index is 12.0. The molecule has 0 radical (unpaired) electrons. The van der Waals surface area contributed by atoms with Crippen molar-refractivity contribution in [1.82, 2.24) is 15.6 Å². The number of thiazole rings is 1. The molecule has 1 amide bonds. The van der Waals surface area contributed by atoms with E-state index in [4.69, 9.17) is 0 Å². The summed E-state index contributed by atoms with van der Waals surface area (Å²) >= 11 is 1.55. The number of benzene rings is 1. The fraction of sp³-hybridized carbons (Fsp3) is 0.375. The van der Waals surface area contributed by atoms with Crippen LogP contribution in [0.1, 0.15) is 28.0 Å². The first-order valence-corrected chi connectivity index (χ1v) is 8.01. The first kappa shape index (κ1) is 15.7. The summed E-state index contributed by atoms with van der Waals surface area (Å²) in [5, 5.41) is 8.80. The summed E-state index contributed by atoms with van der Waals surface area (Å²) in [6.45, 7) is 2.62. The number of aryl methyl sites for hydroxylation is 2. The highest BCUT2D eigenvalue weighted by Gasteiger charge is 2.11. The fourth-order valence-electron chi connectivity index (χ4n) is 1.86. The molecule has 0 saturated carbocycles. The van der Waals surface area contributed by atoms with Crippen molar-refractivity contribution in [3.63, 3.8) is 0 Å². The van der Waals surface area contributed by atoms with Crippen LogP contribution < -0.4 is 10.6 Å². The maximum absolute atomic E-state index is 12.0. The number of hydrogen-bond acceptors (Lipinski definition) is 4. The molecule has 1 heterocycles. The van der Waals surface area contributed by atoms with E-state index in [0.29, 0.717) is 12.2 Å². The molecular weight excluding hydrogens is 282 g/mol. The first-order chi connectivity index (χ1) is 10.2. The molecule has 0 bridgehead atoms. The number of amides is 1. The third kappa shape index (κ3) is 4.95. The third-order valence-electron chi connectivity index (χ3n) is 3.32. The Labute approximate surface area is 129 Å². The number of hydrogen-bond donors (Lipinski definition) is 2. The summed E-state index contributed by atoms with van der Waals surface area (Å²) in [5.41, 5.74) is 1.81.